The highest BCUT2D eigenvalue weighted by atomic mass is 16.6. The van der Waals surface area contributed by atoms with Crippen LogP contribution in [0.15, 0.2) is 0 Å². The summed E-state index contributed by atoms with van der Waals surface area (Å²) in [6.45, 7) is 3.91. The number of hydrogen-bond acceptors (Lipinski definition) is 4. The summed E-state index contributed by atoms with van der Waals surface area (Å²) < 4.78 is 4.93. The Labute approximate surface area is 102 Å². The summed E-state index contributed by atoms with van der Waals surface area (Å²) in [4.78, 5) is 15.9. The topological polar surface area (TPSA) is 53.0 Å². The summed E-state index contributed by atoms with van der Waals surface area (Å²) in [6.07, 6.45) is 4.68. The Kier molecular flexibility index (Phi) is 4.62. The molecule has 1 unspecified atom stereocenters. The van der Waals surface area contributed by atoms with Gasteiger partial charge in [0.05, 0.1) is 6.61 Å². The van der Waals surface area contributed by atoms with Gasteiger partial charge in [0, 0.05) is 19.1 Å². The molecule has 2 saturated heterocycles. The first-order valence-corrected chi connectivity index (χ1v) is 6.58. The van der Waals surface area contributed by atoms with Crippen LogP contribution in [-0.4, -0.2) is 66.4 Å². The van der Waals surface area contributed by atoms with E-state index in [-0.39, 0.29) is 19.3 Å². The van der Waals surface area contributed by atoms with E-state index in [0.717, 1.165) is 19.5 Å². The van der Waals surface area contributed by atoms with Crippen LogP contribution in [0.2, 0.25) is 0 Å². The number of rotatable bonds is 3. The van der Waals surface area contributed by atoms with Crippen molar-refractivity contribution in [2.75, 3.05) is 39.4 Å². The second-order valence-electron chi connectivity index (χ2n) is 4.82. The van der Waals surface area contributed by atoms with E-state index in [9.17, 15) is 4.79 Å². The number of ether oxygens (including phenoxy) is 1. The second kappa shape index (κ2) is 6.21. The van der Waals surface area contributed by atoms with Crippen LogP contribution in [0.25, 0.3) is 0 Å². The smallest absolute Gasteiger partial charge is 0.409 e. The Morgan fingerprint density at radius 2 is 2.00 bits per heavy atom. The van der Waals surface area contributed by atoms with E-state index >= 15 is 0 Å². The molecular weight excluding hydrogens is 220 g/mol. The van der Waals surface area contributed by atoms with E-state index in [1.54, 1.807) is 4.90 Å². The van der Waals surface area contributed by atoms with Crippen LogP contribution in [0.1, 0.15) is 25.7 Å². The van der Waals surface area contributed by atoms with E-state index in [1.165, 1.54) is 32.4 Å². The average molecular weight is 242 g/mol. The number of nitrogens with zero attached hydrogens (tertiary/aromatic N) is 2. The van der Waals surface area contributed by atoms with Crippen LogP contribution >= 0.6 is 0 Å². The van der Waals surface area contributed by atoms with E-state index in [1.807, 2.05) is 0 Å². The summed E-state index contributed by atoms with van der Waals surface area (Å²) in [7, 11) is 0. The number of hydrogen-bond donors (Lipinski definition) is 1. The lowest BCUT2D eigenvalue weighted by Gasteiger charge is -2.31. The van der Waals surface area contributed by atoms with Crippen molar-refractivity contribution in [1.29, 1.82) is 0 Å². The first-order chi connectivity index (χ1) is 8.31. The zero-order chi connectivity index (χ0) is 12.1. The minimum absolute atomic E-state index is 0.101. The van der Waals surface area contributed by atoms with Gasteiger partial charge in [-0.15, -0.1) is 0 Å². The molecule has 2 aliphatic rings. The lowest BCUT2D eigenvalue weighted by Crippen LogP contribution is -2.41. The number of amides is 1. The van der Waals surface area contributed by atoms with Crippen LogP contribution in [0.4, 0.5) is 4.79 Å². The van der Waals surface area contributed by atoms with E-state index in [0.29, 0.717) is 6.04 Å². The van der Waals surface area contributed by atoms with E-state index < -0.39 is 0 Å². The largest absolute Gasteiger partial charge is 0.447 e. The third-order valence-corrected chi connectivity index (χ3v) is 3.65. The zero-order valence-electron chi connectivity index (χ0n) is 10.3. The number of aliphatic hydroxyl groups excluding tert-OH is 1. The maximum atomic E-state index is 11.6. The molecule has 5 nitrogen and oxygen atoms in total. The van der Waals surface area contributed by atoms with E-state index in [4.69, 9.17) is 9.84 Å². The quantitative estimate of drug-likeness (QED) is 0.790. The number of carbonyl (C=O) groups is 1. The maximum absolute atomic E-state index is 11.6. The fourth-order valence-corrected chi connectivity index (χ4v) is 2.71. The van der Waals surface area contributed by atoms with Gasteiger partial charge in [0.2, 0.25) is 0 Å². The summed E-state index contributed by atoms with van der Waals surface area (Å²) in [6, 6.07) is 0.511. The SMILES string of the molecule is O=C(OCCO)N1CCC(N2CCCCC2)C1. The van der Waals surface area contributed by atoms with Gasteiger partial charge in [0.15, 0.2) is 0 Å². The third-order valence-electron chi connectivity index (χ3n) is 3.65. The van der Waals surface area contributed by atoms with Gasteiger partial charge in [0.1, 0.15) is 6.61 Å². The maximum Gasteiger partial charge on any atom is 0.409 e. The first kappa shape index (κ1) is 12.6. The van der Waals surface area contributed by atoms with Crippen molar-refractivity contribution in [3.8, 4) is 0 Å². The molecule has 0 aromatic rings. The van der Waals surface area contributed by atoms with Crippen molar-refractivity contribution in [1.82, 2.24) is 9.80 Å². The Hall–Kier alpha value is -0.810. The summed E-state index contributed by atoms with van der Waals surface area (Å²) in [5.41, 5.74) is 0. The molecule has 98 valence electrons. The highest BCUT2D eigenvalue weighted by Crippen LogP contribution is 2.20. The molecule has 2 heterocycles. The molecule has 17 heavy (non-hydrogen) atoms. The molecule has 1 amide bonds. The van der Waals surface area contributed by atoms with Gasteiger partial charge >= 0.3 is 6.09 Å². The summed E-state index contributed by atoms with van der Waals surface area (Å²) in [5, 5.41) is 8.61. The minimum Gasteiger partial charge on any atom is -0.447 e. The number of aliphatic hydroxyl groups is 1. The molecule has 0 saturated carbocycles. The average Bonchev–Trinajstić information content (AvgIpc) is 2.86. The third kappa shape index (κ3) is 3.33. The molecule has 1 atom stereocenters. The van der Waals surface area contributed by atoms with Crippen LogP contribution in [0.3, 0.4) is 0 Å². The molecular formula is C12H22N2O3. The Morgan fingerprint density at radius 1 is 1.24 bits per heavy atom. The zero-order valence-corrected chi connectivity index (χ0v) is 10.3. The first-order valence-electron chi connectivity index (χ1n) is 6.58. The van der Waals surface area contributed by atoms with Gasteiger partial charge in [-0.05, 0) is 32.4 Å². The van der Waals surface area contributed by atoms with Crippen molar-refractivity contribution >= 4 is 6.09 Å². The van der Waals surface area contributed by atoms with Crippen LogP contribution in [0, 0.1) is 0 Å². The van der Waals surface area contributed by atoms with Crippen LogP contribution < -0.4 is 0 Å². The van der Waals surface area contributed by atoms with Crippen molar-refractivity contribution in [3.05, 3.63) is 0 Å². The Morgan fingerprint density at radius 3 is 2.71 bits per heavy atom. The van der Waals surface area contributed by atoms with Crippen molar-refractivity contribution in [2.45, 2.75) is 31.7 Å². The molecule has 0 aromatic carbocycles. The Bertz CT molecular complexity index is 254. The summed E-state index contributed by atoms with van der Waals surface area (Å²) in [5.74, 6) is 0. The standard InChI is InChI=1S/C12H22N2O3/c15-8-9-17-12(16)14-7-4-11(10-14)13-5-2-1-3-6-13/h11,15H,1-10H2. The molecule has 2 rings (SSSR count). The van der Waals surface area contributed by atoms with Crippen molar-refractivity contribution in [3.63, 3.8) is 0 Å². The predicted molar refractivity (Wildman–Crippen MR) is 63.8 cm³/mol. The van der Waals surface area contributed by atoms with Gasteiger partial charge in [0.25, 0.3) is 0 Å². The van der Waals surface area contributed by atoms with Gasteiger partial charge in [-0.2, -0.15) is 0 Å². The molecule has 0 aromatic heterocycles. The number of carbonyl (C=O) groups excluding carboxylic acids is 1. The van der Waals surface area contributed by atoms with Crippen LogP contribution in [0.5, 0.6) is 0 Å². The lowest BCUT2D eigenvalue weighted by molar-refractivity contribution is 0.0866. The van der Waals surface area contributed by atoms with Gasteiger partial charge in [-0.3, -0.25) is 4.90 Å². The van der Waals surface area contributed by atoms with Crippen molar-refractivity contribution in [2.24, 2.45) is 0 Å². The fourth-order valence-electron chi connectivity index (χ4n) is 2.71. The van der Waals surface area contributed by atoms with Gasteiger partial charge < -0.3 is 14.7 Å². The van der Waals surface area contributed by atoms with Crippen LogP contribution in [-0.2, 0) is 4.74 Å². The predicted octanol–water partition coefficient (Wildman–Crippen LogP) is 0.675. The molecule has 0 aliphatic carbocycles. The molecule has 1 N–H and O–H groups in total. The van der Waals surface area contributed by atoms with Gasteiger partial charge in [-0.1, -0.05) is 6.42 Å². The molecule has 0 spiro atoms. The summed E-state index contributed by atoms with van der Waals surface area (Å²) >= 11 is 0. The van der Waals surface area contributed by atoms with Gasteiger partial charge in [-0.25, -0.2) is 4.79 Å². The highest BCUT2D eigenvalue weighted by molar-refractivity contribution is 5.68. The second-order valence-corrected chi connectivity index (χ2v) is 4.82. The fraction of sp³-hybridized carbons (Fsp3) is 0.917. The highest BCUT2D eigenvalue weighted by Gasteiger charge is 2.31. The lowest BCUT2D eigenvalue weighted by atomic mass is 10.1. The minimum atomic E-state index is -0.279. The molecule has 0 bridgehead atoms. The normalized spacial score (nSPS) is 26.2. The Balaban J connectivity index is 1.76. The molecule has 2 fully saturated rings. The number of likely N-dealkylation sites (tertiary alicyclic amines) is 2. The molecule has 0 radical (unpaired) electrons. The monoisotopic (exact) mass is 242 g/mol. The van der Waals surface area contributed by atoms with Crippen molar-refractivity contribution < 1.29 is 14.6 Å². The molecule has 5 heteroatoms. The molecule has 2 aliphatic heterocycles. The van der Waals surface area contributed by atoms with E-state index in [2.05, 4.69) is 4.90 Å². The number of piperidine rings is 1.